The molecule has 0 aliphatic rings. The van der Waals surface area contributed by atoms with Crippen LogP contribution in [0.25, 0.3) is 10.9 Å². The van der Waals surface area contributed by atoms with Crippen LogP contribution in [0.5, 0.6) is 0 Å². The summed E-state index contributed by atoms with van der Waals surface area (Å²) < 4.78 is 6.70. The van der Waals surface area contributed by atoms with Crippen molar-refractivity contribution < 1.29 is 14.3 Å². The normalized spacial score (nSPS) is 12.0. The minimum Gasteiger partial charge on any atom is -0.383 e. The van der Waals surface area contributed by atoms with Gasteiger partial charge in [0.15, 0.2) is 5.16 Å². The molecule has 0 spiro atoms. The number of ether oxygens (including phenoxy) is 1. The van der Waals surface area contributed by atoms with Gasteiger partial charge in [-0.25, -0.2) is 9.78 Å². The molecule has 0 saturated heterocycles. The molecule has 1 heterocycles. The van der Waals surface area contributed by atoms with Crippen molar-refractivity contribution in [2.45, 2.75) is 31.5 Å². The zero-order valence-corrected chi connectivity index (χ0v) is 16.5. The Morgan fingerprint density at radius 2 is 2.07 bits per heavy atom. The van der Waals surface area contributed by atoms with Gasteiger partial charge in [0.2, 0.25) is 5.91 Å². The van der Waals surface area contributed by atoms with Gasteiger partial charge >= 0.3 is 6.03 Å². The fourth-order valence-corrected chi connectivity index (χ4v) is 3.40. The third-order valence-corrected chi connectivity index (χ3v) is 4.70. The summed E-state index contributed by atoms with van der Waals surface area (Å²) in [5.41, 5.74) is 0.376. The summed E-state index contributed by atoms with van der Waals surface area (Å²) in [6.45, 7) is 4.60. The number of urea groups is 1. The Hall–Kier alpha value is -2.39. The number of hydrogen-bond donors (Lipinski definition) is 2. The van der Waals surface area contributed by atoms with Crippen LogP contribution < -0.4 is 16.2 Å². The molecule has 2 rings (SSSR count). The van der Waals surface area contributed by atoms with E-state index in [4.69, 9.17) is 4.74 Å². The molecule has 0 bridgehead atoms. The Bertz CT molecular complexity index is 868. The molecule has 3 amide bonds. The van der Waals surface area contributed by atoms with Crippen LogP contribution in [0.3, 0.4) is 0 Å². The van der Waals surface area contributed by atoms with Gasteiger partial charge in [-0.15, -0.1) is 0 Å². The molecule has 8 nitrogen and oxygen atoms in total. The van der Waals surface area contributed by atoms with Gasteiger partial charge in [0, 0.05) is 13.7 Å². The number of para-hydroxylation sites is 1. The van der Waals surface area contributed by atoms with Crippen LogP contribution in [0.4, 0.5) is 4.79 Å². The van der Waals surface area contributed by atoms with Crippen molar-refractivity contribution in [1.82, 2.24) is 20.2 Å². The van der Waals surface area contributed by atoms with Gasteiger partial charge in [-0.1, -0.05) is 30.8 Å². The number of carbonyl (C=O) groups is 2. The van der Waals surface area contributed by atoms with E-state index in [0.717, 1.165) is 18.2 Å². The molecule has 0 radical (unpaired) electrons. The summed E-state index contributed by atoms with van der Waals surface area (Å²) in [6.07, 6.45) is 0.779. The average Bonchev–Trinajstić information content (AvgIpc) is 2.65. The van der Waals surface area contributed by atoms with Crippen LogP contribution in [-0.2, 0) is 9.53 Å². The minimum absolute atomic E-state index is 0.0377. The third-order valence-electron chi connectivity index (χ3n) is 3.74. The predicted molar refractivity (Wildman–Crippen MR) is 105 cm³/mol. The first-order valence-corrected chi connectivity index (χ1v) is 9.67. The number of benzene rings is 1. The molecule has 9 heteroatoms. The van der Waals surface area contributed by atoms with Gasteiger partial charge in [0.05, 0.1) is 29.3 Å². The van der Waals surface area contributed by atoms with Crippen molar-refractivity contribution in [3.63, 3.8) is 0 Å². The van der Waals surface area contributed by atoms with E-state index >= 15 is 0 Å². The number of carbonyl (C=O) groups excluding carboxylic acids is 2. The summed E-state index contributed by atoms with van der Waals surface area (Å²) in [6, 6.07) is 6.28. The number of nitrogens with one attached hydrogen (secondary N) is 2. The lowest BCUT2D eigenvalue weighted by Gasteiger charge is -2.18. The molecule has 0 saturated carbocycles. The quantitative estimate of drug-likeness (QED) is 0.526. The minimum atomic E-state index is -0.529. The van der Waals surface area contributed by atoms with Gasteiger partial charge in [-0.2, -0.15) is 0 Å². The van der Waals surface area contributed by atoms with Gasteiger partial charge < -0.3 is 10.1 Å². The van der Waals surface area contributed by atoms with Gasteiger partial charge in [0.25, 0.3) is 5.56 Å². The van der Waals surface area contributed by atoms with Crippen molar-refractivity contribution in [3.05, 3.63) is 34.6 Å². The number of rotatable bonds is 8. The fourth-order valence-electron chi connectivity index (χ4n) is 2.51. The number of aromatic nitrogens is 2. The monoisotopic (exact) mass is 392 g/mol. The highest BCUT2D eigenvalue weighted by Gasteiger charge is 2.18. The van der Waals surface area contributed by atoms with E-state index in [0.29, 0.717) is 29.2 Å². The topological polar surface area (TPSA) is 102 Å². The lowest BCUT2D eigenvalue weighted by Crippen LogP contribution is -2.40. The van der Waals surface area contributed by atoms with E-state index in [1.165, 1.54) is 4.57 Å². The van der Waals surface area contributed by atoms with Gasteiger partial charge in [0.1, 0.15) is 0 Å². The molecule has 0 aliphatic carbocycles. The first-order chi connectivity index (χ1) is 13.0. The predicted octanol–water partition coefficient (Wildman–Crippen LogP) is 1.93. The van der Waals surface area contributed by atoms with Crippen LogP contribution in [0, 0.1) is 0 Å². The van der Waals surface area contributed by atoms with Crippen molar-refractivity contribution >= 4 is 34.6 Å². The molecule has 27 heavy (non-hydrogen) atoms. The largest absolute Gasteiger partial charge is 0.383 e. The maximum absolute atomic E-state index is 12.9. The lowest BCUT2D eigenvalue weighted by atomic mass is 10.2. The summed E-state index contributed by atoms with van der Waals surface area (Å²) in [7, 11) is 1.56. The number of nitrogens with zero attached hydrogens (tertiary/aromatic N) is 2. The molecule has 0 aliphatic heterocycles. The summed E-state index contributed by atoms with van der Waals surface area (Å²) in [5.74, 6) is -0.494. The molecule has 1 aromatic carbocycles. The molecule has 0 fully saturated rings. The van der Waals surface area contributed by atoms with E-state index in [1.54, 1.807) is 31.4 Å². The lowest BCUT2D eigenvalue weighted by molar-refractivity contribution is -0.117. The highest BCUT2D eigenvalue weighted by atomic mass is 32.2. The smallest absolute Gasteiger partial charge is 0.321 e. The van der Waals surface area contributed by atoms with Gasteiger partial charge in [-0.05, 0) is 25.5 Å². The van der Waals surface area contributed by atoms with E-state index in [1.807, 2.05) is 13.8 Å². The number of hydrogen-bond acceptors (Lipinski definition) is 6. The molecule has 2 aromatic rings. The Kier molecular flexibility index (Phi) is 7.81. The number of amides is 3. The molecule has 1 atom stereocenters. The molecule has 146 valence electrons. The van der Waals surface area contributed by atoms with Crippen molar-refractivity contribution in [2.24, 2.45) is 0 Å². The highest BCUT2D eigenvalue weighted by Crippen LogP contribution is 2.21. The second-order valence-corrected chi connectivity index (χ2v) is 6.93. The third kappa shape index (κ3) is 5.54. The highest BCUT2D eigenvalue weighted by molar-refractivity contribution is 7.99. The zero-order chi connectivity index (χ0) is 19.8. The van der Waals surface area contributed by atoms with E-state index in [2.05, 4.69) is 15.6 Å². The second-order valence-electron chi connectivity index (χ2n) is 5.98. The number of thioether (sulfide) groups is 1. The van der Waals surface area contributed by atoms with Crippen molar-refractivity contribution in [1.29, 1.82) is 0 Å². The standard InChI is InChI=1S/C18H24N4O4S/c1-4-9-19-17(25)21-15(23)11-27-18-20-14-8-6-5-7-13(14)16(24)22(18)12(2)10-26-3/h5-8,12H,4,9-11H2,1-3H3,(H2,19,21,23,25). The average molecular weight is 392 g/mol. The summed E-state index contributed by atoms with van der Waals surface area (Å²) in [4.78, 5) is 41.0. The zero-order valence-electron chi connectivity index (χ0n) is 15.7. The molecular weight excluding hydrogens is 368 g/mol. The number of methoxy groups -OCH3 is 1. The Balaban J connectivity index is 2.23. The molecule has 1 aromatic heterocycles. The first kappa shape index (κ1) is 20.9. The summed E-state index contributed by atoms with van der Waals surface area (Å²) >= 11 is 1.11. The summed E-state index contributed by atoms with van der Waals surface area (Å²) in [5, 5.41) is 5.75. The van der Waals surface area contributed by atoms with Crippen LogP contribution >= 0.6 is 11.8 Å². The van der Waals surface area contributed by atoms with E-state index < -0.39 is 11.9 Å². The molecule has 2 N–H and O–H groups in total. The van der Waals surface area contributed by atoms with Gasteiger partial charge in [-0.3, -0.25) is 19.5 Å². The second kappa shape index (κ2) is 10.1. The number of fused-ring (bicyclic) bond motifs is 1. The fraction of sp³-hybridized carbons (Fsp3) is 0.444. The SMILES string of the molecule is CCCNC(=O)NC(=O)CSc1nc2ccccc2c(=O)n1C(C)COC. The molecular formula is C18H24N4O4S. The molecule has 1 unspecified atom stereocenters. The maximum Gasteiger partial charge on any atom is 0.321 e. The van der Waals surface area contributed by atoms with Crippen LogP contribution in [0.2, 0.25) is 0 Å². The first-order valence-electron chi connectivity index (χ1n) is 8.68. The Labute approximate surface area is 161 Å². The van der Waals surface area contributed by atoms with E-state index in [-0.39, 0.29) is 17.4 Å². The van der Waals surface area contributed by atoms with Crippen LogP contribution in [0.1, 0.15) is 26.3 Å². The Morgan fingerprint density at radius 1 is 1.33 bits per heavy atom. The van der Waals surface area contributed by atoms with Crippen LogP contribution in [-0.4, -0.2) is 47.5 Å². The maximum atomic E-state index is 12.9. The van der Waals surface area contributed by atoms with Crippen molar-refractivity contribution in [2.75, 3.05) is 26.0 Å². The van der Waals surface area contributed by atoms with E-state index in [9.17, 15) is 14.4 Å². The van der Waals surface area contributed by atoms with Crippen LogP contribution in [0.15, 0.2) is 34.2 Å². The van der Waals surface area contributed by atoms with Crippen molar-refractivity contribution in [3.8, 4) is 0 Å². The number of imide groups is 1. The Morgan fingerprint density at radius 3 is 2.78 bits per heavy atom.